The molecule has 1 N–H and O–H groups in total. The molecule has 92 valence electrons. The summed E-state index contributed by atoms with van der Waals surface area (Å²) in [5, 5.41) is 3.46. The fourth-order valence-electron chi connectivity index (χ4n) is 2.12. The fourth-order valence-corrected chi connectivity index (χ4v) is 2.12. The Kier molecular flexibility index (Phi) is 2.33. The Morgan fingerprint density at radius 3 is 2.83 bits per heavy atom. The number of alkyl carbamates (subject to hydrolysis) is 1. The standard InChI is InChI=1S/C13H11NO4/c1-7-4-9-5-8(2-3-11(9)17-7)6-10-12(15)18-13(16)14-10/h2-5,10H,6H2,1H3,(H,14,16). The first-order valence-corrected chi connectivity index (χ1v) is 5.63. The molecule has 2 heterocycles. The van der Waals surface area contributed by atoms with Crippen molar-refractivity contribution in [2.45, 2.75) is 19.4 Å². The van der Waals surface area contributed by atoms with Gasteiger partial charge in [-0.15, -0.1) is 0 Å². The van der Waals surface area contributed by atoms with Crippen LogP contribution in [0.2, 0.25) is 0 Å². The van der Waals surface area contributed by atoms with Crippen LogP contribution in [0.4, 0.5) is 4.79 Å². The van der Waals surface area contributed by atoms with E-state index in [1.807, 2.05) is 31.2 Å². The molecule has 2 aromatic rings. The molecule has 1 fully saturated rings. The van der Waals surface area contributed by atoms with Gasteiger partial charge in [-0.05, 0) is 30.7 Å². The molecule has 5 nitrogen and oxygen atoms in total. The van der Waals surface area contributed by atoms with E-state index in [-0.39, 0.29) is 0 Å². The van der Waals surface area contributed by atoms with Gasteiger partial charge in [-0.2, -0.15) is 0 Å². The minimum atomic E-state index is -0.676. The number of cyclic esters (lactones) is 2. The van der Waals surface area contributed by atoms with Crippen LogP contribution in [0, 0.1) is 6.92 Å². The molecular formula is C13H11NO4. The number of rotatable bonds is 2. The third kappa shape index (κ3) is 1.84. The maximum absolute atomic E-state index is 11.3. The second-order valence-electron chi connectivity index (χ2n) is 4.34. The van der Waals surface area contributed by atoms with Crippen LogP contribution in [0.3, 0.4) is 0 Å². The first kappa shape index (κ1) is 10.8. The van der Waals surface area contributed by atoms with E-state index in [0.29, 0.717) is 6.42 Å². The summed E-state index contributed by atoms with van der Waals surface area (Å²) in [6.07, 6.45) is -0.254. The smallest absolute Gasteiger partial charge is 0.415 e. The third-order valence-electron chi connectivity index (χ3n) is 2.91. The van der Waals surface area contributed by atoms with E-state index in [9.17, 15) is 9.59 Å². The number of aryl methyl sites for hydroxylation is 1. The predicted octanol–water partition coefficient (Wildman–Crippen LogP) is 1.92. The number of benzene rings is 1. The minimum absolute atomic E-state index is 0.421. The van der Waals surface area contributed by atoms with Crippen LogP contribution in [0.1, 0.15) is 11.3 Å². The molecule has 0 radical (unpaired) electrons. The van der Waals surface area contributed by atoms with Crippen LogP contribution >= 0.6 is 0 Å². The number of amides is 1. The molecule has 1 unspecified atom stereocenters. The predicted molar refractivity (Wildman–Crippen MR) is 63.1 cm³/mol. The van der Waals surface area contributed by atoms with Crippen molar-refractivity contribution in [1.29, 1.82) is 0 Å². The van der Waals surface area contributed by atoms with Gasteiger partial charge in [-0.25, -0.2) is 9.59 Å². The molecule has 1 aromatic carbocycles. The summed E-state index contributed by atoms with van der Waals surface area (Å²) in [7, 11) is 0. The lowest BCUT2D eigenvalue weighted by Crippen LogP contribution is -2.30. The highest BCUT2D eigenvalue weighted by molar-refractivity contribution is 5.95. The van der Waals surface area contributed by atoms with Crippen LogP contribution in [0.15, 0.2) is 28.7 Å². The second kappa shape index (κ2) is 3.87. The van der Waals surface area contributed by atoms with Crippen molar-refractivity contribution in [1.82, 2.24) is 5.32 Å². The average molecular weight is 245 g/mol. The van der Waals surface area contributed by atoms with Gasteiger partial charge in [0, 0.05) is 11.8 Å². The maximum Gasteiger partial charge on any atom is 0.415 e. The number of esters is 1. The van der Waals surface area contributed by atoms with Gasteiger partial charge in [0.05, 0.1) is 0 Å². The molecule has 3 rings (SSSR count). The van der Waals surface area contributed by atoms with E-state index in [2.05, 4.69) is 10.1 Å². The lowest BCUT2D eigenvalue weighted by Gasteiger charge is -2.05. The van der Waals surface area contributed by atoms with Crippen molar-refractivity contribution in [2.24, 2.45) is 0 Å². The van der Waals surface area contributed by atoms with Crippen molar-refractivity contribution in [3.8, 4) is 0 Å². The quantitative estimate of drug-likeness (QED) is 0.648. The van der Waals surface area contributed by atoms with E-state index in [1.165, 1.54) is 0 Å². The number of ether oxygens (including phenoxy) is 1. The number of nitrogens with one attached hydrogen (secondary N) is 1. The molecule has 0 spiro atoms. The van der Waals surface area contributed by atoms with Gasteiger partial charge in [-0.3, -0.25) is 0 Å². The highest BCUT2D eigenvalue weighted by Crippen LogP contribution is 2.21. The lowest BCUT2D eigenvalue weighted by molar-refractivity contribution is -0.135. The molecule has 0 saturated carbocycles. The topological polar surface area (TPSA) is 68.5 Å². The summed E-state index contributed by atoms with van der Waals surface area (Å²) in [6.45, 7) is 1.88. The van der Waals surface area contributed by atoms with Crippen LogP contribution in [0.5, 0.6) is 0 Å². The Bertz CT molecular complexity index is 643. The average Bonchev–Trinajstić information content (AvgIpc) is 2.80. The number of fused-ring (bicyclic) bond motifs is 1. The number of hydrogen-bond acceptors (Lipinski definition) is 4. The molecule has 18 heavy (non-hydrogen) atoms. The summed E-state index contributed by atoms with van der Waals surface area (Å²) in [5.41, 5.74) is 1.77. The highest BCUT2D eigenvalue weighted by Gasteiger charge is 2.32. The minimum Gasteiger partial charge on any atom is -0.461 e. The molecule has 1 atom stereocenters. The number of carbonyl (C=O) groups excluding carboxylic acids is 2. The van der Waals surface area contributed by atoms with Crippen LogP contribution in [-0.2, 0) is 16.0 Å². The first-order valence-electron chi connectivity index (χ1n) is 5.63. The first-order chi connectivity index (χ1) is 8.61. The number of furan rings is 1. The van der Waals surface area contributed by atoms with E-state index < -0.39 is 18.1 Å². The van der Waals surface area contributed by atoms with Crippen molar-refractivity contribution in [3.05, 3.63) is 35.6 Å². The van der Waals surface area contributed by atoms with Crippen molar-refractivity contribution in [2.75, 3.05) is 0 Å². The maximum atomic E-state index is 11.3. The van der Waals surface area contributed by atoms with Gasteiger partial charge in [0.1, 0.15) is 17.4 Å². The SMILES string of the molecule is Cc1cc2cc(CC3NC(=O)OC3=O)ccc2o1. The molecule has 5 heteroatoms. The Labute approximate surface area is 103 Å². The Balaban J connectivity index is 1.86. The van der Waals surface area contributed by atoms with E-state index in [4.69, 9.17) is 4.42 Å². The lowest BCUT2D eigenvalue weighted by atomic mass is 10.0. The largest absolute Gasteiger partial charge is 0.461 e. The van der Waals surface area contributed by atoms with Crippen LogP contribution in [-0.4, -0.2) is 18.1 Å². The summed E-state index contributed by atoms with van der Waals surface area (Å²) < 4.78 is 9.90. The van der Waals surface area contributed by atoms with Gasteiger partial charge in [0.15, 0.2) is 0 Å². The van der Waals surface area contributed by atoms with Gasteiger partial charge in [-0.1, -0.05) is 6.07 Å². The van der Waals surface area contributed by atoms with Gasteiger partial charge >= 0.3 is 12.1 Å². The van der Waals surface area contributed by atoms with Gasteiger partial charge < -0.3 is 14.5 Å². The summed E-state index contributed by atoms with van der Waals surface area (Å²) in [4.78, 5) is 22.2. The van der Waals surface area contributed by atoms with Crippen LogP contribution in [0.25, 0.3) is 11.0 Å². The van der Waals surface area contributed by atoms with Gasteiger partial charge in [0.2, 0.25) is 0 Å². The highest BCUT2D eigenvalue weighted by atomic mass is 16.6. The molecule has 1 amide bonds. The van der Waals surface area contributed by atoms with Gasteiger partial charge in [0.25, 0.3) is 0 Å². The zero-order valence-electron chi connectivity index (χ0n) is 9.73. The summed E-state index contributed by atoms with van der Waals surface area (Å²) in [5.74, 6) is 0.319. The second-order valence-corrected chi connectivity index (χ2v) is 4.34. The summed E-state index contributed by atoms with van der Waals surface area (Å²) in [6, 6.07) is 7.03. The van der Waals surface area contributed by atoms with E-state index in [1.54, 1.807) is 0 Å². The monoisotopic (exact) mass is 245 g/mol. The zero-order valence-corrected chi connectivity index (χ0v) is 9.73. The molecule has 1 saturated heterocycles. The number of hydrogen-bond donors (Lipinski definition) is 1. The van der Waals surface area contributed by atoms with Crippen molar-refractivity contribution >= 4 is 23.0 Å². The van der Waals surface area contributed by atoms with Crippen LogP contribution < -0.4 is 5.32 Å². The van der Waals surface area contributed by atoms with E-state index in [0.717, 1.165) is 22.3 Å². The number of carbonyl (C=O) groups is 2. The Morgan fingerprint density at radius 2 is 2.11 bits per heavy atom. The van der Waals surface area contributed by atoms with Crippen molar-refractivity contribution < 1.29 is 18.7 Å². The molecule has 1 aromatic heterocycles. The molecule has 0 bridgehead atoms. The van der Waals surface area contributed by atoms with Crippen molar-refractivity contribution in [3.63, 3.8) is 0 Å². The fraction of sp³-hybridized carbons (Fsp3) is 0.231. The zero-order chi connectivity index (χ0) is 12.7. The summed E-state index contributed by atoms with van der Waals surface area (Å²) >= 11 is 0. The molecule has 1 aliphatic rings. The molecular weight excluding hydrogens is 234 g/mol. The van der Waals surface area contributed by atoms with E-state index >= 15 is 0 Å². The Hall–Kier alpha value is -2.30. The molecule has 0 aliphatic carbocycles. The molecule has 1 aliphatic heterocycles. The normalized spacial score (nSPS) is 19.1. The Morgan fingerprint density at radius 1 is 1.28 bits per heavy atom. The third-order valence-corrected chi connectivity index (χ3v) is 2.91.